The molecule has 0 bridgehead atoms. The van der Waals surface area contributed by atoms with Crippen molar-refractivity contribution in [3.05, 3.63) is 107 Å². The van der Waals surface area contributed by atoms with E-state index in [4.69, 9.17) is 10.6 Å². The predicted molar refractivity (Wildman–Crippen MR) is 168 cm³/mol. The van der Waals surface area contributed by atoms with Gasteiger partial charge in [0.15, 0.2) is 23.3 Å². The molecule has 2 heterocycles. The number of para-hydroxylation sites is 1. The molecule has 2 amide bonds. The van der Waals surface area contributed by atoms with Gasteiger partial charge in [0.05, 0.1) is 28.5 Å². The fourth-order valence-electron chi connectivity index (χ4n) is 4.18. The van der Waals surface area contributed by atoms with Crippen LogP contribution in [0, 0.1) is 23.3 Å². The summed E-state index contributed by atoms with van der Waals surface area (Å²) >= 11 is 0.557. The average Bonchev–Trinajstić information content (AvgIpc) is 3.06. The van der Waals surface area contributed by atoms with Crippen molar-refractivity contribution in [2.45, 2.75) is 24.0 Å². The first-order chi connectivity index (χ1) is 22.2. The van der Waals surface area contributed by atoms with Crippen LogP contribution in [-0.4, -0.2) is 41.5 Å². The van der Waals surface area contributed by atoms with Crippen molar-refractivity contribution in [2.24, 2.45) is 5.84 Å². The largest absolute Gasteiger partial charge is 0.493 e. The maximum Gasteiger partial charge on any atom is 0.252 e. The van der Waals surface area contributed by atoms with E-state index < -0.39 is 34.1 Å². The summed E-state index contributed by atoms with van der Waals surface area (Å²) in [7, 11) is 0. The fraction of sp³-hybridized carbons (Fsp3) is 0.188. The molecule has 0 fully saturated rings. The molecule has 0 saturated heterocycles. The third kappa shape index (κ3) is 8.82. The average molecular weight is 655 g/mol. The lowest BCUT2D eigenvalue weighted by Gasteiger charge is -2.13. The molecule has 0 saturated carbocycles. The van der Waals surface area contributed by atoms with Crippen molar-refractivity contribution in [1.29, 1.82) is 0 Å². The lowest BCUT2D eigenvalue weighted by atomic mass is 10.0. The number of rotatable bonds is 14. The van der Waals surface area contributed by atoms with Gasteiger partial charge in [-0.05, 0) is 43.7 Å². The quantitative estimate of drug-likeness (QED) is 0.0262. The topological polar surface area (TPSA) is 131 Å². The molecule has 2 aromatic carbocycles. The smallest absolute Gasteiger partial charge is 0.252 e. The van der Waals surface area contributed by atoms with Crippen LogP contribution in [0.15, 0.2) is 71.8 Å². The van der Waals surface area contributed by atoms with Gasteiger partial charge in [0, 0.05) is 48.3 Å². The summed E-state index contributed by atoms with van der Waals surface area (Å²) in [4.78, 5) is 32.6. The number of carbonyl (C=O) groups is 2. The Morgan fingerprint density at radius 1 is 0.957 bits per heavy atom. The molecule has 0 unspecified atom stereocenters. The molecule has 0 aliphatic carbocycles. The zero-order valence-corrected chi connectivity index (χ0v) is 25.4. The van der Waals surface area contributed by atoms with E-state index in [-0.39, 0.29) is 24.3 Å². The number of hydrazine groups is 1. The van der Waals surface area contributed by atoms with Gasteiger partial charge in [-0.25, -0.2) is 28.4 Å². The highest BCUT2D eigenvalue weighted by Crippen LogP contribution is 2.35. The number of benzene rings is 2. The number of nitrogens with zero attached hydrogens (tertiary/aromatic N) is 2. The number of carbonyl (C=O) groups excluding carboxylic acids is 2. The number of thioether (sulfide) groups is 1. The Bertz CT molecular complexity index is 1700. The number of nitrogens with two attached hydrogens (primary N) is 1. The first-order valence-electron chi connectivity index (χ1n) is 14.1. The van der Waals surface area contributed by atoms with Crippen LogP contribution in [0.5, 0.6) is 5.75 Å². The molecule has 9 nitrogen and oxygen atoms in total. The van der Waals surface area contributed by atoms with Gasteiger partial charge in [-0.3, -0.25) is 14.6 Å². The Labute approximate surface area is 266 Å². The number of hydrogen-bond acceptors (Lipinski definition) is 8. The zero-order chi connectivity index (χ0) is 33.1. The van der Waals surface area contributed by atoms with Crippen LogP contribution in [0.1, 0.15) is 35.1 Å². The van der Waals surface area contributed by atoms with E-state index in [1.54, 1.807) is 30.3 Å². The van der Waals surface area contributed by atoms with E-state index in [1.807, 2.05) is 25.1 Å². The number of anilines is 1. The van der Waals surface area contributed by atoms with Gasteiger partial charge in [-0.15, -0.1) is 11.8 Å². The summed E-state index contributed by atoms with van der Waals surface area (Å²) in [5.41, 5.74) is 4.74. The molecule has 4 rings (SSSR count). The second kappa shape index (κ2) is 16.4. The third-order valence-corrected chi connectivity index (χ3v) is 7.49. The lowest BCUT2D eigenvalue weighted by molar-refractivity contribution is -0.116. The second-order valence-corrected chi connectivity index (χ2v) is 10.5. The Balaban J connectivity index is 1.44. The number of amides is 2. The monoisotopic (exact) mass is 654 g/mol. The van der Waals surface area contributed by atoms with Crippen molar-refractivity contribution in [3.8, 4) is 16.9 Å². The second-order valence-electron chi connectivity index (χ2n) is 9.56. The number of nitrogens with one attached hydrogen (secondary N) is 3. The van der Waals surface area contributed by atoms with Crippen LogP contribution in [0.2, 0.25) is 0 Å². The molecule has 14 heteroatoms. The van der Waals surface area contributed by atoms with E-state index in [0.717, 1.165) is 0 Å². The maximum absolute atomic E-state index is 14.2. The van der Waals surface area contributed by atoms with E-state index >= 15 is 0 Å². The number of halogens is 4. The summed E-state index contributed by atoms with van der Waals surface area (Å²) in [6.07, 6.45) is 4.61. The van der Waals surface area contributed by atoms with Crippen molar-refractivity contribution in [1.82, 2.24) is 20.6 Å². The summed E-state index contributed by atoms with van der Waals surface area (Å²) in [5.74, 6) is -0.563. The van der Waals surface area contributed by atoms with Crippen LogP contribution >= 0.6 is 11.8 Å². The minimum Gasteiger partial charge on any atom is -0.493 e. The van der Waals surface area contributed by atoms with Crippen molar-refractivity contribution in [3.63, 3.8) is 0 Å². The number of hydrogen-bond donors (Lipinski definition) is 4. The molecule has 5 N–H and O–H groups in total. The van der Waals surface area contributed by atoms with Gasteiger partial charge < -0.3 is 20.8 Å². The SMILES string of the molecule is CCOc1ccccc1-c1ccc(CSc2c(F)c(F)cc(F)c2F)nc1/C=C/C(=O)NCCCNC(=O)c1ccc(NN)nc1. The van der Waals surface area contributed by atoms with E-state index in [2.05, 4.69) is 26.0 Å². The zero-order valence-electron chi connectivity index (χ0n) is 24.6. The van der Waals surface area contributed by atoms with Gasteiger partial charge in [0.1, 0.15) is 11.6 Å². The molecule has 0 aliphatic rings. The van der Waals surface area contributed by atoms with Crippen LogP contribution in [0.4, 0.5) is 23.4 Å². The normalized spacial score (nSPS) is 11.0. The molecular weight excluding hydrogens is 624 g/mol. The van der Waals surface area contributed by atoms with Gasteiger partial charge in [0.2, 0.25) is 5.91 Å². The molecule has 4 aromatic rings. The van der Waals surface area contributed by atoms with Crippen LogP contribution in [0.25, 0.3) is 17.2 Å². The highest BCUT2D eigenvalue weighted by molar-refractivity contribution is 7.98. The Kier molecular flexibility index (Phi) is 12.1. The molecule has 2 aromatic heterocycles. The third-order valence-electron chi connectivity index (χ3n) is 6.40. The standard InChI is InChI=1S/C32H30F4N6O3S/c1-2-45-26-7-4-3-6-22(26)21-10-9-20(18-46-31-29(35)23(33)16-24(34)30(31)36)41-25(21)11-13-28(43)38-14-5-15-39-32(44)19-8-12-27(42-37)40-17-19/h3-4,6-13,16-17H,2,5,14-15,18,37H2,1H3,(H,38,43)(H,39,44)(H,40,42)/b13-11+. The number of pyridine rings is 2. The first-order valence-corrected chi connectivity index (χ1v) is 15.0. The fourth-order valence-corrected chi connectivity index (χ4v) is 5.08. The minimum atomic E-state index is -1.50. The van der Waals surface area contributed by atoms with Crippen LogP contribution in [-0.2, 0) is 10.5 Å². The summed E-state index contributed by atoms with van der Waals surface area (Å²) in [6.45, 7) is 2.82. The number of aromatic nitrogens is 2. The van der Waals surface area contributed by atoms with E-state index in [0.29, 0.717) is 71.0 Å². The predicted octanol–water partition coefficient (Wildman–Crippen LogP) is 5.63. The Hall–Kier alpha value is -4.95. The van der Waals surface area contributed by atoms with Crippen molar-refractivity contribution >= 4 is 35.5 Å². The first kappa shape index (κ1) is 33.9. The van der Waals surface area contributed by atoms with Crippen molar-refractivity contribution in [2.75, 3.05) is 25.1 Å². The lowest BCUT2D eigenvalue weighted by Crippen LogP contribution is -2.29. The van der Waals surface area contributed by atoms with E-state index in [9.17, 15) is 27.2 Å². The van der Waals surface area contributed by atoms with Crippen LogP contribution in [0.3, 0.4) is 0 Å². The molecule has 0 aliphatic heterocycles. The minimum absolute atomic E-state index is 0.118. The number of nitrogen functional groups attached to an aromatic ring is 1. The van der Waals surface area contributed by atoms with Gasteiger partial charge >= 0.3 is 0 Å². The van der Waals surface area contributed by atoms with Gasteiger partial charge in [-0.1, -0.05) is 24.3 Å². The van der Waals surface area contributed by atoms with Crippen LogP contribution < -0.4 is 26.6 Å². The van der Waals surface area contributed by atoms with Gasteiger partial charge in [-0.2, -0.15) is 0 Å². The van der Waals surface area contributed by atoms with Crippen molar-refractivity contribution < 1.29 is 31.9 Å². The molecule has 240 valence electrons. The summed E-state index contributed by atoms with van der Waals surface area (Å²) in [5, 5.41) is 5.47. The number of ether oxygens (including phenoxy) is 1. The molecule has 0 radical (unpaired) electrons. The Morgan fingerprint density at radius 3 is 2.39 bits per heavy atom. The molecule has 0 atom stereocenters. The van der Waals surface area contributed by atoms with Gasteiger partial charge in [0.25, 0.3) is 5.91 Å². The molecule has 46 heavy (non-hydrogen) atoms. The summed E-state index contributed by atoms with van der Waals surface area (Å²) in [6, 6.07) is 13.9. The Morgan fingerprint density at radius 2 is 1.70 bits per heavy atom. The molecule has 0 spiro atoms. The maximum atomic E-state index is 14.2. The molecular formula is C32H30F4N6O3S. The van der Waals surface area contributed by atoms with E-state index in [1.165, 1.54) is 18.3 Å². The highest BCUT2D eigenvalue weighted by Gasteiger charge is 2.20. The summed E-state index contributed by atoms with van der Waals surface area (Å²) < 4.78 is 61.6. The highest BCUT2D eigenvalue weighted by atomic mass is 32.2.